The first-order valence-electron chi connectivity index (χ1n) is 3.34. The Morgan fingerprint density at radius 2 is 1.90 bits per heavy atom. The Hall–Kier alpha value is 0.0761. The quantitative estimate of drug-likeness (QED) is 0.858. The predicted molar refractivity (Wildman–Crippen MR) is 45.3 cm³/mol. The number of hydrogen-bond donors (Lipinski definition) is 1. The zero-order valence-electron chi connectivity index (χ0n) is 5.75. The Bertz CT molecular complexity index is 174. The Kier molecular flexibility index (Phi) is 3.94. The van der Waals surface area contributed by atoms with Crippen LogP contribution in [0.15, 0.2) is 30.3 Å². The molecule has 10 heavy (non-hydrogen) atoms. The minimum absolute atomic E-state index is 1.11. The maximum atomic E-state index is 3.23. The van der Waals surface area contributed by atoms with E-state index in [-0.39, 0.29) is 0 Å². The summed E-state index contributed by atoms with van der Waals surface area (Å²) >= 11 is 1.27. The van der Waals surface area contributed by atoms with Crippen LogP contribution < -0.4 is 3.22 Å². The molecule has 0 aliphatic heterocycles. The van der Waals surface area contributed by atoms with Crippen molar-refractivity contribution in [3.05, 3.63) is 35.9 Å². The van der Waals surface area contributed by atoms with Gasteiger partial charge in [-0.05, 0) is 0 Å². The molecule has 1 N–H and O–H groups in total. The first-order chi connectivity index (χ1) is 4.93. The van der Waals surface area contributed by atoms with Gasteiger partial charge in [0, 0.05) is 0 Å². The van der Waals surface area contributed by atoms with Crippen molar-refractivity contribution in [2.45, 2.75) is 6.42 Å². The summed E-state index contributed by atoms with van der Waals surface area (Å²) in [6, 6.07) is 10.5. The van der Waals surface area contributed by atoms with Crippen molar-refractivity contribution < 1.29 is 0 Å². The van der Waals surface area contributed by atoms with Crippen LogP contribution in [0.5, 0.6) is 0 Å². The first-order valence-corrected chi connectivity index (χ1v) is 5.08. The van der Waals surface area contributed by atoms with E-state index in [1.807, 2.05) is 0 Å². The summed E-state index contributed by atoms with van der Waals surface area (Å²) in [5.41, 5.74) is 1.42. The summed E-state index contributed by atoms with van der Waals surface area (Å²) in [4.78, 5) is 0. The second kappa shape index (κ2) is 4.83. The van der Waals surface area contributed by atoms with Crippen LogP contribution in [0.2, 0.25) is 0 Å². The molecule has 0 aliphatic rings. The van der Waals surface area contributed by atoms with Crippen LogP contribution >= 0.6 is 0 Å². The SMILES string of the molecule is [PoH][NH]CCc1ccccc1. The van der Waals surface area contributed by atoms with E-state index >= 15 is 0 Å². The van der Waals surface area contributed by atoms with Crippen LogP contribution in [0.4, 0.5) is 0 Å². The molecule has 1 aromatic rings. The average molecular weight is 330 g/mol. The monoisotopic (exact) mass is 330 g/mol. The van der Waals surface area contributed by atoms with E-state index in [1.54, 1.807) is 0 Å². The minimum atomic E-state index is 1.11. The summed E-state index contributed by atoms with van der Waals surface area (Å²) < 4.78 is 3.23. The fraction of sp³-hybridized carbons (Fsp3) is 0.250. The van der Waals surface area contributed by atoms with E-state index in [2.05, 4.69) is 33.5 Å². The van der Waals surface area contributed by atoms with Crippen molar-refractivity contribution >= 4 is 25.4 Å². The van der Waals surface area contributed by atoms with Gasteiger partial charge in [0.15, 0.2) is 0 Å². The summed E-state index contributed by atoms with van der Waals surface area (Å²) in [5.74, 6) is 0. The van der Waals surface area contributed by atoms with E-state index in [0.29, 0.717) is 0 Å². The van der Waals surface area contributed by atoms with Crippen LogP contribution in [0.3, 0.4) is 0 Å². The molecular weight excluding hydrogens is 319 g/mol. The van der Waals surface area contributed by atoms with Crippen molar-refractivity contribution in [1.29, 1.82) is 0 Å². The van der Waals surface area contributed by atoms with Crippen molar-refractivity contribution in [3.8, 4) is 0 Å². The van der Waals surface area contributed by atoms with Gasteiger partial charge in [0.25, 0.3) is 0 Å². The van der Waals surface area contributed by atoms with Gasteiger partial charge in [-0.2, -0.15) is 0 Å². The molecule has 0 aliphatic carbocycles. The number of hydrogen-bond acceptors (Lipinski definition) is 1. The number of nitrogens with one attached hydrogen (secondary N) is 1. The van der Waals surface area contributed by atoms with Gasteiger partial charge in [0.2, 0.25) is 0 Å². The number of rotatable bonds is 3. The molecule has 0 saturated carbocycles. The van der Waals surface area contributed by atoms with Gasteiger partial charge in [0.05, 0.1) is 0 Å². The van der Waals surface area contributed by atoms with Crippen LogP contribution in [-0.2, 0) is 6.42 Å². The molecule has 0 unspecified atom stereocenters. The molecule has 0 atom stereocenters. The van der Waals surface area contributed by atoms with Crippen molar-refractivity contribution in [2.75, 3.05) is 6.54 Å². The molecule has 0 aromatic heterocycles. The number of benzene rings is 1. The van der Waals surface area contributed by atoms with Gasteiger partial charge in [-0.1, -0.05) is 0 Å². The van der Waals surface area contributed by atoms with E-state index in [9.17, 15) is 0 Å². The summed E-state index contributed by atoms with van der Waals surface area (Å²) in [6.45, 7) is 1.11. The molecule has 0 heterocycles. The third kappa shape index (κ3) is 2.77. The zero-order chi connectivity index (χ0) is 7.23. The van der Waals surface area contributed by atoms with Crippen molar-refractivity contribution in [2.24, 2.45) is 0 Å². The van der Waals surface area contributed by atoms with Gasteiger partial charge in [-0.25, -0.2) is 0 Å². The molecule has 0 radical (unpaired) electrons. The van der Waals surface area contributed by atoms with E-state index in [0.717, 1.165) is 13.0 Å². The molecule has 1 rings (SSSR count). The standard InChI is InChI=1S/C8H10N.Po.H/c9-7-6-8-4-2-1-3-5-8;;/h1-5,9H,6-7H2;;/q-1;+1;. The first kappa shape index (κ1) is 8.18. The van der Waals surface area contributed by atoms with Crippen molar-refractivity contribution in [3.63, 3.8) is 0 Å². The van der Waals surface area contributed by atoms with Crippen molar-refractivity contribution in [1.82, 2.24) is 3.22 Å². The fourth-order valence-electron chi connectivity index (χ4n) is 0.845. The molecule has 0 spiro atoms. The third-order valence-electron chi connectivity index (χ3n) is 1.37. The molecule has 0 amide bonds. The van der Waals surface area contributed by atoms with E-state index < -0.39 is 0 Å². The molecule has 0 fully saturated rings. The summed E-state index contributed by atoms with van der Waals surface area (Å²) in [7, 11) is 0. The van der Waals surface area contributed by atoms with E-state index in [1.165, 1.54) is 30.9 Å². The van der Waals surface area contributed by atoms with Crippen LogP contribution in [0, 0.1) is 0 Å². The van der Waals surface area contributed by atoms with E-state index in [4.69, 9.17) is 0 Å². The fourth-order valence-corrected chi connectivity index (χ4v) is 1.28. The molecule has 2 heteroatoms. The summed E-state index contributed by atoms with van der Waals surface area (Å²) in [6.07, 6.45) is 1.15. The molecule has 0 saturated heterocycles. The zero-order valence-corrected chi connectivity index (χ0v) is 9.23. The molecule has 1 aromatic carbocycles. The molecule has 0 bridgehead atoms. The topological polar surface area (TPSA) is 12.0 Å². The van der Waals surface area contributed by atoms with Gasteiger partial charge >= 0.3 is 77.4 Å². The molecule has 1 nitrogen and oxygen atoms in total. The normalized spacial score (nSPS) is 9.70. The van der Waals surface area contributed by atoms with Gasteiger partial charge in [-0.15, -0.1) is 0 Å². The summed E-state index contributed by atoms with van der Waals surface area (Å²) in [5, 5.41) is 0. The second-order valence-electron chi connectivity index (χ2n) is 2.14. The average Bonchev–Trinajstić information content (AvgIpc) is 2.03. The molecular formula is C8H11NPo. The van der Waals surface area contributed by atoms with Crippen LogP contribution in [0.1, 0.15) is 5.56 Å². The molecule has 54 valence electrons. The van der Waals surface area contributed by atoms with Gasteiger partial charge in [0.1, 0.15) is 0 Å². The predicted octanol–water partition coefficient (Wildman–Crippen LogP) is 0.634. The Morgan fingerprint density at radius 1 is 1.20 bits per heavy atom. The van der Waals surface area contributed by atoms with Crippen LogP contribution in [0.25, 0.3) is 0 Å². The Labute approximate surface area is 77.4 Å². The third-order valence-corrected chi connectivity index (χ3v) is 2.24. The Balaban J connectivity index is 2.43. The van der Waals surface area contributed by atoms with Gasteiger partial charge < -0.3 is 0 Å². The van der Waals surface area contributed by atoms with Crippen LogP contribution in [-0.4, -0.2) is 31.9 Å². The Morgan fingerprint density at radius 3 is 2.50 bits per heavy atom. The van der Waals surface area contributed by atoms with Gasteiger partial charge in [-0.3, -0.25) is 0 Å². The second-order valence-corrected chi connectivity index (χ2v) is 3.37. The maximum absolute atomic E-state index is 3.23.